The number of nitrogens with zero attached hydrogens (tertiary/aromatic N) is 2. The van der Waals surface area contributed by atoms with Crippen molar-refractivity contribution in [1.29, 1.82) is 5.41 Å². The highest BCUT2D eigenvalue weighted by Crippen LogP contribution is 2.39. The fraction of sp³-hybridized carbons (Fsp3) is 0.469. The van der Waals surface area contributed by atoms with Crippen LogP contribution in [0.4, 0.5) is 13.2 Å². The van der Waals surface area contributed by atoms with Crippen molar-refractivity contribution >= 4 is 5.71 Å². The maximum Gasteiger partial charge on any atom is 0.432 e. The molecule has 0 saturated carbocycles. The summed E-state index contributed by atoms with van der Waals surface area (Å²) in [5.74, 6) is 1.30. The lowest BCUT2D eigenvalue weighted by molar-refractivity contribution is -0.141. The van der Waals surface area contributed by atoms with Gasteiger partial charge in [-0.1, -0.05) is 52.4 Å². The summed E-state index contributed by atoms with van der Waals surface area (Å²) >= 11 is 0. The standard InChI is InChI=1S/C32H42F3N5O2/c1-5-7-9-11-13-41-24-15-21(3)31(29(19-24)42-14-12-10-8-6-2)23-17-26(25(37)16-22(4)36)38-27(18-23)28-20-30(40-39-28)32(33,34)35/h15-20,37H,5-14,36H2,1-4H3,(H,39,40). The van der Waals surface area contributed by atoms with Crippen molar-refractivity contribution in [2.24, 2.45) is 5.73 Å². The maximum absolute atomic E-state index is 13.3. The fourth-order valence-corrected chi connectivity index (χ4v) is 4.56. The van der Waals surface area contributed by atoms with Gasteiger partial charge in [0, 0.05) is 17.3 Å². The van der Waals surface area contributed by atoms with E-state index in [2.05, 4.69) is 23.9 Å². The lowest BCUT2D eigenvalue weighted by Gasteiger charge is -2.18. The lowest BCUT2D eigenvalue weighted by Crippen LogP contribution is -2.06. The summed E-state index contributed by atoms with van der Waals surface area (Å²) in [7, 11) is 0. The van der Waals surface area contributed by atoms with Gasteiger partial charge in [0.2, 0.25) is 0 Å². The zero-order chi connectivity index (χ0) is 30.7. The number of hydrogen-bond acceptors (Lipinski definition) is 6. The molecule has 228 valence electrons. The quantitative estimate of drug-likeness (QED) is 0.115. The Kier molecular flexibility index (Phi) is 12.0. The largest absolute Gasteiger partial charge is 0.493 e. The number of halogens is 3. The topological polar surface area (TPSA) is 110 Å². The fourth-order valence-electron chi connectivity index (χ4n) is 4.56. The highest BCUT2D eigenvalue weighted by Gasteiger charge is 2.33. The molecule has 3 rings (SSSR count). The number of allylic oxidation sites excluding steroid dienone is 2. The van der Waals surface area contributed by atoms with Crippen molar-refractivity contribution in [2.75, 3.05) is 13.2 Å². The number of aromatic nitrogens is 3. The van der Waals surface area contributed by atoms with Crippen molar-refractivity contribution in [1.82, 2.24) is 15.2 Å². The number of benzene rings is 1. The van der Waals surface area contributed by atoms with Gasteiger partial charge in [-0.2, -0.15) is 18.3 Å². The predicted octanol–water partition coefficient (Wildman–Crippen LogP) is 8.61. The van der Waals surface area contributed by atoms with E-state index in [-0.39, 0.29) is 22.8 Å². The van der Waals surface area contributed by atoms with Gasteiger partial charge in [-0.25, -0.2) is 4.98 Å². The molecule has 0 radical (unpaired) electrons. The molecule has 3 aromatic rings. The first-order valence-corrected chi connectivity index (χ1v) is 14.6. The first-order chi connectivity index (χ1) is 20.0. The highest BCUT2D eigenvalue weighted by molar-refractivity contribution is 6.06. The number of unbranched alkanes of at least 4 members (excludes halogenated alkanes) is 6. The van der Waals surface area contributed by atoms with Crippen molar-refractivity contribution in [3.05, 3.63) is 59.1 Å². The average Bonchev–Trinajstić information content (AvgIpc) is 3.43. The number of aromatic amines is 1. The molecule has 1 aromatic carbocycles. The van der Waals surface area contributed by atoms with Gasteiger partial charge in [0.15, 0.2) is 0 Å². The molecular weight excluding hydrogens is 543 g/mol. The highest BCUT2D eigenvalue weighted by atomic mass is 19.4. The second kappa shape index (κ2) is 15.4. The minimum absolute atomic E-state index is 0.0124. The number of H-pyrrole nitrogens is 1. The first-order valence-electron chi connectivity index (χ1n) is 14.6. The Balaban J connectivity index is 2.09. The van der Waals surface area contributed by atoms with Crippen LogP contribution in [0.1, 0.15) is 89.1 Å². The summed E-state index contributed by atoms with van der Waals surface area (Å²) in [6.07, 6.45) is 5.40. The summed E-state index contributed by atoms with van der Waals surface area (Å²) in [6, 6.07) is 8.11. The Morgan fingerprint density at radius 2 is 1.60 bits per heavy atom. The molecule has 0 bridgehead atoms. The molecule has 2 heterocycles. The molecule has 0 atom stereocenters. The molecule has 0 amide bonds. The van der Waals surface area contributed by atoms with Crippen LogP contribution in [0.25, 0.3) is 22.5 Å². The van der Waals surface area contributed by atoms with E-state index in [9.17, 15) is 13.2 Å². The number of pyridine rings is 1. The van der Waals surface area contributed by atoms with Gasteiger partial charge in [-0.3, -0.25) is 10.5 Å². The average molecular weight is 586 g/mol. The van der Waals surface area contributed by atoms with Gasteiger partial charge in [0.05, 0.1) is 30.3 Å². The third-order valence-electron chi connectivity index (χ3n) is 6.70. The van der Waals surface area contributed by atoms with Crippen LogP contribution >= 0.6 is 0 Å². The molecule has 10 heteroatoms. The molecule has 42 heavy (non-hydrogen) atoms. The second-order valence-electron chi connectivity index (χ2n) is 10.5. The van der Waals surface area contributed by atoms with E-state index >= 15 is 0 Å². The smallest absolute Gasteiger partial charge is 0.432 e. The number of rotatable bonds is 16. The first kappa shape index (κ1) is 32.7. The molecular formula is C32H42F3N5O2. The number of alkyl halides is 3. The van der Waals surface area contributed by atoms with Gasteiger partial charge < -0.3 is 15.2 Å². The van der Waals surface area contributed by atoms with Crippen LogP contribution in [-0.4, -0.2) is 34.1 Å². The van der Waals surface area contributed by atoms with E-state index in [0.717, 1.165) is 68.6 Å². The lowest BCUT2D eigenvalue weighted by atomic mass is 9.97. The van der Waals surface area contributed by atoms with Crippen LogP contribution in [0.3, 0.4) is 0 Å². The van der Waals surface area contributed by atoms with E-state index in [1.807, 2.05) is 24.2 Å². The monoisotopic (exact) mass is 585 g/mol. The maximum atomic E-state index is 13.3. The summed E-state index contributed by atoms with van der Waals surface area (Å²) in [5.41, 5.74) is 7.96. The van der Waals surface area contributed by atoms with Crippen LogP contribution in [0.15, 0.2) is 42.1 Å². The SMILES string of the molecule is CCCCCCOc1cc(C)c(-c2cc(C(=N)C=C(C)N)nc(-c3cc(C(F)(F)F)[nH]n3)c2)c(OCCCCCC)c1. The van der Waals surface area contributed by atoms with E-state index in [0.29, 0.717) is 36.0 Å². The number of ether oxygens (including phenoxy) is 2. The van der Waals surface area contributed by atoms with Crippen molar-refractivity contribution in [3.8, 4) is 34.0 Å². The van der Waals surface area contributed by atoms with E-state index in [4.69, 9.17) is 20.6 Å². The molecule has 4 N–H and O–H groups in total. The minimum atomic E-state index is -4.58. The third kappa shape index (κ3) is 9.36. The molecule has 0 saturated heterocycles. The molecule has 2 aromatic heterocycles. The van der Waals surface area contributed by atoms with Crippen LogP contribution < -0.4 is 15.2 Å². The Hall–Kier alpha value is -3.82. The molecule has 0 aliphatic carbocycles. The van der Waals surface area contributed by atoms with Gasteiger partial charge in [0.1, 0.15) is 22.9 Å². The summed E-state index contributed by atoms with van der Waals surface area (Å²) < 4.78 is 52.4. The number of hydrogen-bond donors (Lipinski definition) is 3. The van der Waals surface area contributed by atoms with Gasteiger partial charge >= 0.3 is 6.18 Å². The molecule has 0 aliphatic heterocycles. The Labute approximate surface area is 246 Å². The third-order valence-corrected chi connectivity index (χ3v) is 6.70. The molecule has 0 fully saturated rings. The molecule has 0 aliphatic rings. The van der Waals surface area contributed by atoms with Gasteiger partial charge in [-0.05, 0) is 68.2 Å². The molecule has 0 unspecified atom stereocenters. The van der Waals surface area contributed by atoms with Crippen LogP contribution in [-0.2, 0) is 6.18 Å². The van der Waals surface area contributed by atoms with Crippen LogP contribution in [0.5, 0.6) is 11.5 Å². The van der Waals surface area contributed by atoms with Crippen molar-refractivity contribution < 1.29 is 22.6 Å². The zero-order valence-corrected chi connectivity index (χ0v) is 25.0. The predicted molar refractivity (Wildman–Crippen MR) is 161 cm³/mol. The summed E-state index contributed by atoms with van der Waals surface area (Å²) in [4.78, 5) is 4.48. The van der Waals surface area contributed by atoms with Crippen LogP contribution in [0, 0.1) is 12.3 Å². The van der Waals surface area contributed by atoms with Crippen molar-refractivity contribution in [3.63, 3.8) is 0 Å². The Bertz CT molecular complexity index is 1360. The number of aryl methyl sites for hydroxylation is 1. The normalized spacial score (nSPS) is 12.0. The molecule has 0 spiro atoms. The minimum Gasteiger partial charge on any atom is -0.493 e. The Morgan fingerprint density at radius 1 is 0.929 bits per heavy atom. The second-order valence-corrected chi connectivity index (χ2v) is 10.5. The van der Waals surface area contributed by atoms with Gasteiger partial charge in [0.25, 0.3) is 0 Å². The van der Waals surface area contributed by atoms with E-state index in [1.165, 1.54) is 6.08 Å². The van der Waals surface area contributed by atoms with Gasteiger partial charge in [-0.15, -0.1) is 0 Å². The number of nitrogens with one attached hydrogen (secondary N) is 2. The van der Waals surface area contributed by atoms with Crippen molar-refractivity contribution in [2.45, 2.75) is 85.2 Å². The number of nitrogens with two attached hydrogens (primary N) is 1. The Morgan fingerprint density at radius 3 is 2.19 bits per heavy atom. The van der Waals surface area contributed by atoms with E-state index in [1.54, 1.807) is 19.1 Å². The zero-order valence-electron chi connectivity index (χ0n) is 25.0. The summed E-state index contributed by atoms with van der Waals surface area (Å²) in [6.45, 7) is 9.02. The van der Waals surface area contributed by atoms with Crippen LogP contribution in [0.2, 0.25) is 0 Å². The molecule has 7 nitrogen and oxygen atoms in total. The summed E-state index contributed by atoms with van der Waals surface area (Å²) in [5, 5.41) is 14.5. The van der Waals surface area contributed by atoms with E-state index < -0.39 is 11.9 Å².